The first-order valence-corrected chi connectivity index (χ1v) is 12.8. The highest BCUT2D eigenvalue weighted by Gasteiger charge is 2.77. The Bertz CT molecular complexity index is 954. The largest absolute Gasteiger partial charge is 0.458 e. The molecule has 4 aliphatic carbocycles. The van der Waals surface area contributed by atoms with Crippen molar-refractivity contribution in [2.24, 2.45) is 40.4 Å². The summed E-state index contributed by atoms with van der Waals surface area (Å²) in [6.45, 7) is 6.35. The van der Waals surface area contributed by atoms with Crippen molar-refractivity contribution >= 4 is 11.8 Å². The van der Waals surface area contributed by atoms with Gasteiger partial charge in [0.2, 0.25) is 0 Å². The lowest BCUT2D eigenvalue weighted by Crippen LogP contribution is -2.67. The number of cyclic esters (lactones) is 1. The van der Waals surface area contributed by atoms with Crippen LogP contribution in [0, 0.1) is 40.4 Å². The van der Waals surface area contributed by atoms with E-state index in [2.05, 4.69) is 13.8 Å². The Hall–Kier alpha value is -1.50. The second-order valence-electron chi connectivity index (χ2n) is 12.1. The Morgan fingerprint density at radius 1 is 1.18 bits per heavy atom. The molecule has 11 atom stereocenters. The van der Waals surface area contributed by atoms with Crippen LogP contribution in [0.25, 0.3) is 0 Å². The van der Waals surface area contributed by atoms with Gasteiger partial charge in [0.15, 0.2) is 5.78 Å². The van der Waals surface area contributed by atoms with E-state index in [0.717, 1.165) is 25.7 Å². The first-order chi connectivity index (χ1) is 15.7. The van der Waals surface area contributed by atoms with Crippen molar-refractivity contribution in [2.75, 3.05) is 6.61 Å². The molecule has 2 N–H and O–H groups in total. The van der Waals surface area contributed by atoms with Gasteiger partial charge in [-0.15, -0.1) is 0 Å². The van der Waals surface area contributed by atoms with E-state index < -0.39 is 11.0 Å². The van der Waals surface area contributed by atoms with Crippen LogP contribution in [0.5, 0.6) is 0 Å². The molecule has 4 fully saturated rings. The Kier molecular flexibility index (Phi) is 4.68. The van der Waals surface area contributed by atoms with E-state index in [0.29, 0.717) is 36.2 Å². The fourth-order valence-corrected chi connectivity index (χ4v) is 9.20. The summed E-state index contributed by atoms with van der Waals surface area (Å²) >= 11 is 0. The predicted molar refractivity (Wildman–Crippen MR) is 120 cm³/mol. The summed E-state index contributed by atoms with van der Waals surface area (Å²) in [6.07, 6.45) is 10.3. The Morgan fingerprint density at radius 2 is 1.97 bits per heavy atom. The number of carbonyl (C=O) groups excluding carboxylic acids is 2. The van der Waals surface area contributed by atoms with Crippen LogP contribution in [0.15, 0.2) is 23.8 Å². The quantitative estimate of drug-likeness (QED) is 0.501. The zero-order valence-electron chi connectivity index (χ0n) is 19.8. The number of allylic oxidation sites excluding steroid dienone is 1. The summed E-state index contributed by atoms with van der Waals surface area (Å²) in [7, 11) is 0. The second-order valence-corrected chi connectivity index (χ2v) is 12.1. The lowest BCUT2D eigenvalue weighted by Gasteiger charge is -2.60. The number of ether oxygens (including phenoxy) is 2. The maximum Gasteiger partial charge on any atom is 0.336 e. The van der Waals surface area contributed by atoms with E-state index >= 15 is 0 Å². The smallest absolute Gasteiger partial charge is 0.336 e. The zero-order chi connectivity index (χ0) is 23.3. The second kappa shape index (κ2) is 7.02. The molecule has 0 aromatic rings. The molecule has 180 valence electrons. The van der Waals surface area contributed by atoms with E-state index in [1.807, 2.05) is 19.1 Å². The molecule has 0 bridgehead atoms. The molecule has 2 heterocycles. The minimum absolute atomic E-state index is 0.0496. The minimum atomic E-state index is -1.09. The maximum absolute atomic E-state index is 13.2. The molecule has 6 rings (SSSR count). The number of aliphatic hydroxyl groups is 2. The van der Waals surface area contributed by atoms with Gasteiger partial charge in [-0.05, 0) is 80.1 Å². The topological polar surface area (TPSA) is 96.4 Å². The van der Waals surface area contributed by atoms with Crippen molar-refractivity contribution in [1.29, 1.82) is 0 Å². The normalized spacial score (nSPS) is 53.2. The monoisotopic (exact) mass is 456 g/mol. The Balaban J connectivity index is 1.29. The number of epoxide rings is 1. The fraction of sp³-hybridized carbons (Fsp3) is 0.778. The highest BCUT2D eigenvalue weighted by molar-refractivity contribution is 5.97. The standard InChI is InChI=1S/C27H36O6/c1-14(19-9-6-15(13-28)24(30)32-19)16-7-8-17-21-18(10-12-25(16,17)2)26(3)20(29)5-4-11-27(26,31)23-22(21)33-23/h4-6,14,16-19,21-23,28,31H,7-13H2,1-3H3/t14-,16-,17-,18-,19+,21-,22-,23-,25+,26-,27-/m0/s1. The van der Waals surface area contributed by atoms with Crippen molar-refractivity contribution in [3.63, 3.8) is 0 Å². The number of esters is 1. The van der Waals surface area contributed by atoms with E-state index in [9.17, 15) is 19.8 Å². The molecule has 1 saturated heterocycles. The van der Waals surface area contributed by atoms with Crippen LogP contribution in [-0.4, -0.2) is 52.5 Å². The molecule has 2 aliphatic heterocycles. The first kappa shape index (κ1) is 22.0. The van der Waals surface area contributed by atoms with Gasteiger partial charge < -0.3 is 19.7 Å². The van der Waals surface area contributed by atoms with Gasteiger partial charge in [-0.1, -0.05) is 26.0 Å². The average molecular weight is 457 g/mol. The van der Waals surface area contributed by atoms with Crippen molar-refractivity contribution < 1.29 is 29.3 Å². The molecular formula is C27H36O6. The molecule has 3 saturated carbocycles. The molecule has 0 aromatic heterocycles. The molecule has 6 aliphatic rings. The van der Waals surface area contributed by atoms with E-state index in [4.69, 9.17) is 9.47 Å². The van der Waals surface area contributed by atoms with E-state index in [-0.39, 0.29) is 53.9 Å². The minimum Gasteiger partial charge on any atom is -0.458 e. The van der Waals surface area contributed by atoms with Gasteiger partial charge in [0.25, 0.3) is 0 Å². The van der Waals surface area contributed by atoms with Crippen LogP contribution >= 0.6 is 0 Å². The zero-order valence-corrected chi connectivity index (χ0v) is 19.8. The molecule has 0 spiro atoms. The highest BCUT2D eigenvalue weighted by atomic mass is 16.6. The van der Waals surface area contributed by atoms with Crippen LogP contribution < -0.4 is 0 Å². The Labute approximate surface area is 195 Å². The fourth-order valence-electron chi connectivity index (χ4n) is 9.20. The van der Waals surface area contributed by atoms with Gasteiger partial charge in [-0.25, -0.2) is 4.79 Å². The number of hydrogen-bond acceptors (Lipinski definition) is 6. The average Bonchev–Trinajstić information content (AvgIpc) is 3.52. The maximum atomic E-state index is 13.2. The summed E-state index contributed by atoms with van der Waals surface area (Å²) < 4.78 is 12.0. The lowest BCUT2D eigenvalue weighted by atomic mass is 9.43. The summed E-state index contributed by atoms with van der Waals surface area (Å²) in [6, 6.07) is 0. The number of aliphatic hydroxyl groups excluding tert-OH is 1. The van der Waals surface area contributed by atoms with Gasteiger partial charge in [0.1, 0.15) is 17.8 Å². The molecule has 6 heteroatoms. The molecular weight excluding hydrogens is 420 g/mol. The summed E-state index contributed by atoms with van der Waals surface area (Å²) in [5.74, 6) is 1.21. The van der Waals surface area contributed by atoms with Gasteiger partial charge in [-0.3, -0.25) is 4.79 Å². The first-order valence-electron chi connectivity index (χ1n) is 12.8. The number of ketones is 1. The van der Waals surface area contributed by atoms with E-state index in [1.54, 1.807) is 6.08 Å². The molecule has 0 amide bonds. The predicted octanol–water partition coefficient (Wildman–Crippen LogP) is 2.96. The summed E-state index contributed by atoms with van der Waals surface area (Å²) in [5, 5.41) is 21.0. The molecule has 0 aromatic carbocycles. The molecule has 0 radical (unpaired) electrons. The number of rotatable bonds is 3. The van der Waals surface area contributed by atoms with Crippen LogP contribution in [-0.2, 0) is 19.1 Å². The highest BCUT2D eigenvalue weighted by Crippen LogP contribution is 2.71. The SMILES string of the molecule is C[C@H]([C@H]1CC=C(CO)C(=O)O1)[C@@H]1CC[C@H]2[C@@H]3[C@@H]4O[C@@H]4[C@@]4(O)CC=CC(=O)[C@]4(C)[C@H]3CC[C@]12C. The van der Waals surface area contributed by atoms with E-state index in [1.165, 1.54) is 0 Å². The van der Waals surface area contributed by atoms with Crippen molar-refractivity contribution in [3.8, 4) is 0 Å². The molecule has 33 heavy (non-hydrogen) atoms. The summed E-state index contributed by atoms with van der Waals surface area (Å²) in [4.78, 5) is 25.5. The van der Waals surface area contributed by atoms with Crippen molar-refractivity contribution in [2.45, 2.75) is 83.2 Å². The Morgan fingerprint density at radius 3 is 2.70 bits per heavy atom. The molecule has 6 nitrogen and oxygen atoms in total. The van der Waals surface area contributed by atoms with Crippen molar-refractivity contribution in [3.05, 3.63) is 23.8 Å². The van der Waals surface area contributed by atoms with Crippen LogP contribution in [0.4, 0.5) is 0 Å². The summed E-state index contributed by atoms with van der Waals surface area (Å²) in [5.41, 5.74) is -1.40. The van der Waals surface area contributed by atoms with Gasteiger partial charge in [0.05, 0.1) is 23.7 Å². The van der Waals surface area contributed by atoms with Gasteiger partial charge >= 0.3 is 5.97 Å². The third-order valence-electron chi connectivity index (χ3n) is 11.1. The van der Waals surface area contributed by atoms with Crippen LogP contribution in [0.3, 0.4) is 0 Å². The van der Waals surface area contributed by atoms with Crippen LogP contribution in [0.2, 0.25) is 0 Å². The third kappa shape index (κ3) is 2.66. The number of carbonyl (C=O) groups is 2. The number of hydrogen-bond donors (Lipinski definition) is 2. The lowest BCUT2D eigenvalue weighted by molar-refractivity contribution is -0.182. The van der Waals surface area contributed by atoms with Gasteiger partial charge in [-0.2, -0.15) is 0 Å². The number of fused-ring (bicyclic) bond motifs is 8. The van der Waals surface area contributed by atoms with Crippen molar-refractivity contribution in [1.82, 2.24) is 0 Å². The molecule has 0 unspecified atom stereocenters. The van der Waals surface area contributed by atoms with Gasteiger partial charge in [0, 0.05) is 6.42 Å². The third-order valence-corrected chi connectivity index (χ3v) is 11.1. The van der Waals surface area contributed by atoms with Crippen LogP contribution in [0.1, 0.15) is 59.3 Å².